The van der Waals surface area contributed by atoms with Gasteiger partial charge in [-0.2, -0.15) is 0 Å². The van der Waals surface area contributed by atoms with E-state index in [-0.39, 0.29) is 21.5 Å². The van der Waals surface area contributed by atoms with E-state index in [2.05, 4.69) is 22.9 Å². The number of ether oxygens (including phenoxy) is 1. The zero-order valence-corrected chi connectivity index (χ0v) is 11.1. The fraction of sp³-hybridized carbons (Fsp3) is 0.273. The number of unbranched alkanes of at least 4 members (excludes halogenated alkanes) is 1. The second-order valence-electron chi connectivity index (χ2n) is 3.48. The first kappa shape index (κ1) is 14.4. The summed E-state index contributed by atoms with van der Waals surface area (Å²) in [5, 5.41) is 10.9. The molecule has 0 aliphatic heterocycles. The van der Waals surface area contributed by atoms with Gasteiger partial charge in [0.1, 0.15) is 4.47 Å². The number of carbonyl (C=O) groups excluding carboxylic acids is 1. The molecule has 1 radical (unpaired) electrons. The maximum absolute atomic E-state index is 11.1. The summed E-state index contributed by atoms with van der Waals surface area (Å²) in [6, 6.07) is 2.57. The summed E-state index contributed by atoms with van der Waals surface area (Å²) >= 11 is 3.03. The average molecular weight is 316 g/mol. The fourth-order valence-electron chi connectivity index (χ4n) is 1.29. The van der Waals surface area contributed by atoms with Gasteiger partial charge >= 0.3 is 5.69 Å². The first-order valence-corrected chi connectivity index (χ1v) is 5.96. The maximum atomic E-state index is 11.1. The number of hydrogen-bond acceptors (Lipinski definition) is 4. The number of primary amides is 1. The van der Waals surface area contributed by atoms with Crippen LogP contribution in [0.15, 0.2) is 16.6 Å². The van der Waals surface area contributed by atoms with E-state index in [1.165, 1.54) is 12.1 Å². The van der Waals surface area contributed by atoms with Gasteiger partial charge in [0, 0.05) is 11.6 Å². The first-order chi connectivity index (χ1) is 8.47. The minimum atomic E-state index is -0.674. The summed E-state index contributed by atoms with van der Waals surface area (Å²) in [5.41, 5.74) is 5.07. The number of nitrogens with two attached hydrogens (primary N) is 1. The molecule has 97 valence electrons. The molecule has 0 bridgehead atoms. The molecular formula is C11H12BrN2O4. The monoisotopic (exact) mass is 315 g/mol. The van der Waals surface area contributed by atoms with Gasteiger partial charge in [-0.1, -0.05) is 13.3 Å². The summed E-state index contributed by atoms with van der Waals surface area (Å²) in [6.45, 7) is 3.93. The Hall–Kier alpha value is -1.63. The van der Waals surface area contributed by atoms with Crippen LogP contribution in [0.2, 0.25) is 0 Å². The van der Waals surface area contributed by atoms with Gasteiger partial charge in [-0.25, -0.2) is 0 Å². The fourth-order valence-corrected chi connectivity index (χ4v) is 1.87. The van der Waals surface area contributed by atoms with Gasteiger partial charge < -0.3 is 10.5 Å². The van der Waals surface area contributed by atoms with Crippen LogP contribution in [0.3, 0.4) is 0 Å². The van der Waals surface area contributed by atoms with Crippen LogP contribution in [0.25, 0.3) is 0 Å². The summed E-state index contributed by atoms with van der Waals surface area (Å²) in [5.74, 6) is -0.649. The lowest BCUT2D eigenvalue weighted by Gasteiger charge is -2.08. The molecule has 1 aromatic rings. The second-order valence-corrected chi connectivity index (χ2v) is 4.34. The molecule has 0 heterocycles. The molecule has 6 nitrogen and oxygen atoms in total. The molecule has 0 spiro atoms. The van der Waals surface area contributed by atoms with Crippen molar-refractivity contribution in [1.29, 1.82) is 0 Å². The smallest absolute Gasteiger partial charge is 0.325 e. The van der Waals surface area contributed by atoms with Crippen LogP contribution >= 0.6 is 15.9 Å². The molecule has 0 unspecified atom stereocenters. The number of carbonyl (C=O) groups is 1. The summed E-state index contributed by atoms with van der Waals surface area (Å²) < 4.78 is 5.45. The Balaban J connectivity index is 3.16. The Morgan fingerprint density at radius 1 is 1.56 bits per heavy atom. The van der Waals surface area contributed by atoms with Gasteiger partial charge in [-0.15, -0.1) is 0 Å². The van der Waals surface area contributed by atoms with Crippen LogP contribution < -0.4 is 10.5 Å². The van der Waals surface area contributed by atoms with Crippen molar-refractivity contribution in [3.63, 3.8) is 0 Å². The van der Waals surface area contributed by atoms with Crippen LogP contribution in [0.1, 0.15) is 23.2 Å². The number of halogens is 1. The molecule has 2 N–H and O–H groups in total. The Morgan fingerprint density at radius 2 is 2.22 bits per heavy atom. The van der Waals surface area contributed by atoms with E-state index in [1.807, 2.05) is 0 Å². The summed E-state index contributed by atoms with van der Waals surface area (Å²) in [6.07, 6.45) is 1.32. The van der Waals surface area contributed by atoms with E-state index in [0.29, 0.717) is 19.4 Å². The molecule has 1 amide bonds. The van der Waals surface area contributed by atoms with E-state index >= 15 is 0 Å². The van der Waals surface area contributed by atoms with Crippen LogP contribution in [0.4, 0.5) is 5.69 Å². The molecular weight excluding hydrogens is 304 g/mol. The van der Waals surface area contributed by atoms with Gasteiger partial charge in [-0.3, -0.25) is 14.9 Å². The minimum Gasteiger partial charge on any atom is -0.487 e. The van der Waals surface area contributed by atoms with Gasteiger partial charge in [-0.05, 0) is 28.4 Å². The highest BCUT2D eigenvalue weighted by Gasteiger charge is 2.22. The van der Waals surface area contributed by atoms with Gasteiger partial charge in [0.15, 0.2) is 5.75 Å². The zero-order valence-electron chi connectivity index (χ0n) is 9.52. The number of benzene rings is 1. The van der Waals surface area contributed by atoms with E-state index in [9.17, 15) is 14.9 Å². The standard InChI is InChI=1S/C11H12BrN2O4/c1-2-3-4-18-9-6-7(11(13)15)5-8(12)10(9)14(16)17/h5-6H,1-4H2,(H2,13,15). The van der Waals surface area contributed by atoms with Crippen molar-refractivity contribution in [2.75, 3.05) is 6.61 Å². The second kappa shape index (κ2) is 6.34. The lowest BCUT2D eigenvalue weighted by atomic mass is 10.2. The van der Waals surface area contributed by atoms with Gasteiger partial charge in [0.25, 0.3) is 0 Å². The topological polar surface area (TPSA) is 95.5 Å². The molecule has 0 aliphatic carbocycles. The minimum absolute atomic E-state index is 0.0247. The largest absolute Gasteiger partial charge is 0.487 e. The van der Waals surface area contributed by atoms with E-state index < -0.39 is 10.8 Å². The Bertz CT molecular complexity index is 476. The van der Waals surface area contributed by atoms with E-state index in [1.54, 1.807) is 0 Å². The Morgan fingerprint density at radius 3 is 2.72 bits per heavy atom. The van der Waals surface area contributed by atoms with Gasteiger partial charge in [0.05, 0.1) is 11.5 Å². The maximum Gasteiger partial charge on any atom is 0.325 e. The van der Waals surface area contributed by atoms with Crippen LogP contribution in [0, 0.1) is 17.0 Å². The molecule has 0 aromatic heterocycles. The molecule has 7 heteroatoms. The highest BCUT2D eigenvalue weighted by molar-refractivity contribution is 9.10. The number of hydrogen-bond donors (Lipinski definition) is 1. The normalized spacial score (nSPS) is 10.1. The lowest BCUT2D eigenvalue weighted by Crippen LogP contribution is -2.12. The number of rotatable bonds is 6. The van der Waals surface area contributed by atoms with Crippen LogP contribution in [-0.4, -0.2) is 17.4 Å². The molecule has 0 fully saturated rings. The third kappa shape index (κ3) is 3.43. The number of nitro benzene ring substituents is 1. The molecule has 0 saturated heterocycles. The quantitative estimate of drug-likeness (QED) is 0.495. The molecule has 0 saturated carbocycles. The summed E-state index contributed by atoms with van der Waals surface area (Å²) in [7, 11) is 0. The van der Waals surface area contributed by atoms with Crippen LogP contribution in [0.5, 0.6) is 5.75 Å². The van der Waals surface area contributed by atoms with Crippen molar-refractivity contribution in [3.8, 4) is 5.75 Å². The molecule has 0 atom stereocenters. The predicted molar refractivity (Wildman–Crippen MR) is 69.4 cm³/mol. The van der Waals surface area contributed by atoms with Crippen molar-refractivity contribution in [1.82, 2.24) is 0 Å². The highest BCUT2D eigenvalue weighted by atomic mass is 79.9. The summed E-state index contributed by atoms with van der Waals surface area (Å²) in [4.78, 5) is 21.4. The first-order valence-electron chi connectivity index (χ1n) is 5.17. The van der Waals surface area contributed by atoms with Crippen molar-refractivity contribution in [2.45, 2.75) is 12.8 Å². The highest BCUT2D eigenvalue weighted by Crippen LogP contribution is 2.36. The predicted octanol–water partition coefficient (Wildman–Crippen LogP) is 2.45. The van der Waals surface area contributed by atoms with Crippen molar-refractivity contribution < 1.29 is 14.5 Å². The Labute approximate surface area is 112 Å². The van der Waals surface area contributed by atoms with Crippen molar-refractivity contribution in [2.24, 2.45) is 5.73 Å². The number of amides is 1. The molecule has 18 heavy (non-hydrogen) atoms. The third-order valence-corrected chi connectivity index (χ3v) is 2.75. The zero-order chi connectivity index (χ0) is 13.7. The molecule has 0 aliphatic rings. The van der Waals surface area contributed by atoms with Crippen LogP contribution in [-0.2, 0) is 0 Å². The molecule has 1 aromatic carbocycles. The van der Waals surface area contributed by atoms with E-state index in [4.69, 9.17) is 10.5 Å². The third-order valence-electron chi connectivity index (χ3n) is 2.15. The van der Waals surface area contributed by atoms with Gasteiger partial charge in [0.2, 0.25) is 5.91 Å². The average Bonchev–Trinajstić information content (AvgIpc) is 2.27. The van der Waals surface area contributed by atoms with Crippen molar-refractivity contribution in [3.05, 3.63) is 39.2 Å². The van der Waals surface area contributed by atoms with Crippen molar-refractivity contribution >= 4 is 27.5 Å². The number of nitro groups is 1. The SMILES string of the molecule is [CH2]CCCOc1cc(C(N)=O)cc(Br)c1[N+](=O)[O-]. The number of nitrogens with zero attached hydrogens (tertiary/aromatic N) is 1. The molecule has 1 rings (SSSR count). The Kier molecular flexibility index (Phi) is 5.08. The van der Waals surface area contributed by atoms with E-state index in [0.717, 1.165) is 0 Å². The lowest BCUT2D eigenvalue weighted by molar-refractivity contribution is -0.386.